The Labute approximate surface area is 99.8 Å². The van der Waals surface area contributed by atoms with Crippen LogP contribution in [-0.4, -0.2) is 36.6 Å². The van der Waals surface area contributed by atoms with Gasteiger partial charge in [0.25, 0.3) is 0 Å². The summed E-state index contributed by atoms with van der Waals surface area (Å²) in [4.78, 5) is 2.49. The second-order valence-electron chi connectivity index (χ2n) is 5.48. The lowest BCUT2D eigenvalue weighted by molar-refractivity contribution is 0.199. The molecule has 0 aromatic rings. The van der Waals surface area contributed by atoms with Crippen LogP contribution in [0.25, 0.3) is 0 Å². The number of nitrogens with one attached hydrogen (secondary N) is 1. The SMILES string of the molecule is C#CCN(CC1CC1)CC1(CC)CCCN1. The van der Waals surface area contributed by atoms with Crippen LogP contribution in [0.15, 0.2) is 0 Å². The predicted octanol–water partition coefficient (Wildman–Crippen LogP) is 1.86. The molecule has 2 heteroatoms. The summed E-state index contributed by atoms with van der Waals surface area (Å²) in [6, 6.07) is 0. The summed E-state index contributed by atoms with van der Waals surface area (Å²) in [5.41, 5.74) is 0.353. The Kier molecular flexibility index (Phi) is 3.89. The van der Waals surface area contributed by atoms with Crippen LogP contribution in [0.1, 0.15) is 39.0 Å². The summed E-state index contributed by atoms with van der Waals surface area (Å²) in [6.07, 6.45) is 12.1. The van der Waals surface area contributed by atoms with Gasteiger partial charge < -0.3 is 5.32 Å². The van der Waals surface area contributed by atoms with Crippen LogP contribution in [0.4, 0.5) is 0 Å². The van der Waals surface area contributed by atoms with Crippen molar-refractivity contribution in [3.8, 4) is 12.3 Å². The van der Waals surface area contributed by atoms with Crippen LogP contribution in [-0.2, 0) is 0 Å². The van der Waals surface area contributed by atoms with E-state index >= 15 is 0 Å². The molecule has 0 aromatic carbocycles. The third-order valence-corrected chi connectivity index (χ3v) is 4.06. The molecule has 2 rings (SSSR count). The zero-order valence-corrected chi connectivity index (χ0v) is 10.5. The van der Waals surface area contributed by atoms with E-state index in [0.717, 1.165) is 19.0 Å². The molecule has 0 spiro atoms. The van der Waals surface area contributed by atoms with Gasteiger partial charge in [0.1, 0.15) is 0 Å². The smallest absolute Gasteiger partial charge is 0.0599 e. The maximum atomic E-state index is 5.47. The average molecular weight is 220 g/mol. The largest absolute Gasteiger partial charge is 0.310 e. The number of hydrogen-bond donors (Lipinski definition) is 1. The normalized spacial score (nSPS) is 29.6. The minimum absolute atomic E-state index is 0.353. The first-order chi connectivity index (χ1) is 7.78. The molecular formula is C14H24N2. The van der Waals surface area contributed by atoms with Crippen LogP contribution in [0.3, 0.4) is 0 Å². The second kappa shape index (κ2) is 5.21. The van der Waals surface area contributed by atoms with Crippen molar-refractivity contribution >= 4 is 0 Å². The number of terminal acetylenes is 1. The fourth-order valence-electron chi connectivity index (χ4n) is 2.82. The van der Waals surface area contributed by atoms with Gasteiger partial charge in [0.2, 0.25) is 0 Å². The zero-order valence-electron chi connectivity index (χ0n) is 10.5. The first-order valence-corrected chi connectivity index (χ1v) is 6.69. The summed E-state index contributed by atoms with van der Waals surface area (Å²) in [7, 11) is 0. The predicted molar refractivity (Wildman–Crippen MR) is 68.3 cm³/mol. The Morgan fingerprint density at radius 3 is 2.81 bits per heavy atom. The van der Waals surface area contributed by atoms with Crippen LogP contribution >= 0.6 is 0 Å². The molecule has 2 nitrogen and oxygen atoms in total. The summed E-state index contributed by atoms with van der Waals surface area (Å²) in [5.74, 6) is 3.75. The Balaban J connectivity index is 1.89. The molecule has 1 heterocycles. The van der Waals surface area contributed by atoms with Crippen LogP contribution in [0, 0.1) is 18.3 Å². The highest BCUT2D eigenvalue weighted by Crippen LogP contribution is 2.31. The summed E-state index contributed by atoms with van der Waals surface area (Å²) >= 11 is 0. The van der Waals surface area contributed by atoms with Crippen molar-refractivity contribution in [2.24, 2.45) is 5.92 Å². The summed E-state index contributed by atoms with van der Waals surface area (Å²) < 4.78 is 0. The first-order valence-electron chi connectivity index (χ1n) is 6.69. The molecular weight excluding hydrogens is 196 g/mol. The van der Waals surface area contributed by atoms with E-state index < -0.39 is 0 Å². The van der Waals surface area contributed by atoms with Gasteiger partial charge in [-0.25, -0.2) is 0 Å². The van der Waals surface area contributed by atoms with Crippen LogP contribution in [0.5, 0.6) is 0 Å². The number of hydrogen-bond acceptors (Lipinski definition) is 2. The molecule has 16 heavy (non-hydrogen) atoms. The molecule has 1 aliphatic heterocycles. The standard InChI is InChI=1S/C14H24N2/c1-3-10-16(11-13-6-7-13)12-14(4-2)8-5-9-15-14/h1,13,15H,4-12H2,2H3. The first kappa shape index (κ1) is 12.0. The Hall–Kier alpha value is -0.520. The number of nitrogens with zero attached hydrogens (tertiary/aromatic N) is 1. The molecule has 0 bridgehead atoms. The third kappa shape index (κ3) is 2.99. The minimum Gasteiger partial charge on any atom is -0.310 e. The van der Waals surface area contributed by atoms with Crippen molar-refractivity contribution in [2.45, 2.75) is 44.6 Å². The van der Waals surface area contributed by atoms with Gasteiger partial charge >= 0.3 is 0 Å². The molecule has 1 atom stereocenters. The Morgan fingerprint density at radius 1 is 1.50 bits per heavy atom. The lowest BCUT2D eigenvalue weighted by Gasteiger charge is -2.34. The highest BCUT2D eigenvalue weighted by atomic mass is 15.2. The van der Waals surface area contributed by atoms with E-state index in [2.05, 4.69) is 23.1 Å². The van der Waals surface area contributed by atoms with Gasteiger partial charge in [0.15, 0.2) is 0 Å². The molecule has 2 fully saturated rings. The summed E-state index contributed by atoms with van der Waals surface area (Å²) in [5, 5.41) is 3.69. The lowest BCUT2D eigenvalue weighted by Crippen LogP contribution is -2.50. The average Bonchev–Trinajstić information content (AvgIpc) is 2.96. The van der Waals surface area contributed by atoms with Gasteiger partial charge in [-0.3, -0.25) is 4.90 Å². The van der Waals surface area contributed by atoms with Crippen LogP contribution in [0.2, 0.25) is 0 Å². The molecule has 1 aliphatic carbocycles. The van der Waals surface area contributed by atoms with E-state index in [0.29, 0.717) is 5.54 Å². The molecule has 0 radical (unpaired) electrons. The van der Waals surface area contributed by atoms with E-state index in [-0.39, 0.29) is 0 Å². The van der Waals surface area contributed by atoms with Crippen molar-refractivity contribution in [1.29, 1.82) is 0 Å². The Bertz CT molecular complexity index is 256. The van der Waals surface area contributed by atoms with Gasteiger partial charge in [-0.05, 0) is 44.6 Å². The van der Waals surface area contributed by atoms with E-state index in [1.54, 1.807) is 0 Å². The fraction of sp³-hybridized carbons (Fsp3) is 0.857. The molecule has 2 aliphatic rings. The summed E-state index contributed by atoms with van der Waals surface area (Å²) in [6.45, 7) is 6.66. The fourth-order valence-corrected chi connectivity index (χ4v) is 2.82. The molecule has 1 saturated heterocycles. The van der Waals surface area contributed by atoms with E-state index in [1.165, 1.54) is 45.2 Å². The van der Waals surface area contributed by atoms with Crippen LogP contribution < -0.4 is 5.32 Å². The zero-order chi connectivity index (χ0) is 11.4. The van der Waals surface area contributed by atoms with Crippen molar-refractivity contribution in [2.75, 3.05) is 26.2 Å². The second-order valence-corrected chi connectivity index (χ2v) is 5.48. The molecule has 0 amide bonds. The Morgan fingerprint density at radius 2 is 2.31 bits per heavy atom. The van der Waals surface area contributed by atoms with Gasteiger partial charge in [0, 0.05) is 18.6 Å². The highest BCUT2D eigenvalue weighted by Gasteiger charge is 2.34. The van der Waals surface area contributed by atoms with E-state index in [9.17, 15) is 0 Å². The third-order valence-electron chi connectivity index (χ3n) is 4.06. The van der Waals surface area contributed by atoms with Crippen molar-refractivity contribution < 1.29 is 0 Å². The monoisotopic (exact) mass is 220 g/mol. The molecule has 0 aromatic heterocycles. The highest BCUT2D eigenvalue weighted by molar-refractivity contribution is 4.98. The quantitative estimate of drug-likeness (QED) is 0.687. The van der Waals surface area contributed by atoms with Gasteiger partial charge in [-0.15, -0.1) is 6.42 Å². The topological polar surface area (TPSA) is 15.3 Å². The maximum Gasteiger partial charge on any atom is 0.0599 e. The van der Waals surface area contributed by atoms with Gasteiger partial charge in [-0.2, -0.15) is 0 Å². The maximum absolute atomic E-state index is 5.47. The van der Waals surface area contributed by atoms with Crippen molar-refractivity contribution in [3.05, 3.63) is 0 Å². The van der Waals surface area contributed by atoms with Gasteiger partial charge in [-0.1, -0.05) is 12.8 Å². The lowest BCUT2D eigenvalue weighted by atomic mass is 9.93. The molecule has 1 saturated carbocycles. The molecule has 90 valence electrons. The molecule has 1 unspecified atom stereocenters. The van der Waals surface area contributed by atoms with E-state index in [1.807, 2.05) is 0 Å². The minimum atomic E-state index is 0.353. The van der Waals surface area contributed by atoms with E-state index in [4.69, 9.17) is 6.42 Å². The number of rotatable bonds is 6. The van der Waals surface area contributed by atoms with Crippen molar-refractivity contribution in [3.63, 3.8) is 0 Å². The molecule has 1 N–H and O–H groups in total. The van der Waals surface area contributed by atoms with Crippen molar-refractivity contribution in [1.82, 2.24) is 10.2 Å². The van der Waals surface area contributed by atoms with Gasteiger partial charge in [0.05, 0.1) is 6.54 Å².